The van der Waals surface area contributed by atoms with Crippen LogP contribution in [0.25, 0.3) is 0 Å². The molecule has 0 spiro atoms. The molecule has 26 heavy (non-hydrogen) atoms. The number of benzene rings is 1. The molecular formula is C20H23N2O3S+. The third-order valence-corrected chi connectivity index (χ3v) is 6.63. The molecule has 1 aromatic carbocycles. The number of rotatable bonds is 5. The van der Waals surface area contributed by atoms with E-state index in [2.05, 4.69) is 16.8 Å². The van der Waals surface area contributed by atoms with Gasteiger partial charge in [0.2, 0.25) is 6.79 Å². The number of fused-ring (bicyclic) bond motifs is 2. The number of carbonyl (C=O) groups excluding carboxylic acids is 1. The number of ether oxygens (including phenoxy) is 2. The van der Waals surface area contributed by atoms with Gasteiger partial charge in [0.15, 0.2) is 18.0 Å². The summed E-state index contributed by atoms with van der Waals surface area (Å²) in [4.78, 5) is 15.5. The Bertz CT molecular complexity index is 830. The highest BCUT2D eigenvalue weighted by Gasteiger charge is 2.43. The minimum absolute atomic E-state index is 0.127. The van der Waals surface area contributed by atoms with Crippen molar-refractivity contribution in [3.05, 3.63) is 45.6 Å². The van der Waals surface area contributed by atoms with Gasteiger partial charge < -0.3 is 19.7 Å². The van der Waals surface area contributed by atoms with Gasteiger partial charge in [-0.25, -0.2) is 0 Å². The molecule has 0 radical (unpaired) electrons. The Labute approximate surface area is 156 Å². The molecule has 2 aliphatic heterocycles. The Morgan fingerprint density at radius 2 is 2.12 bits per heavy atom. The zero-order chi connectivity index (χ0) is 17.5. The Morgan fingerprint density at radius 1 is 1.23 bits per heavy atom. The van der Waals surface area contributed by atoms with Gasteiger partial charge in [-0.3, -0.25) is 4.79 Å². The lowest BCUT2D eigenvalue weighted by Crippen LogP contribution is -3.14. The summed E-state index contributed by atoms with van der Waals surface area (Å²) in [6, 6.07) is 8.63. The van der Waals surface area contributed by atoms with Crippen molar-refractivity contribution in [3.8, 4) is 11.5 Å². The van der Waals surface area contributed by atoms with E-state index in [-0.39, 0.29) is 12.7 Å². The highest BCUT2D eigenvalue weighted by atomic mass is 32.1. The topological polar surface area (TPSA) is 52.0 Å². The van der Waals surface area contributed by atoms with Crippen LogP contribution in [0, 0.1) is 5.92 Å². The predicted octanol–water partition coefficient (Wildman–Crippen LogP) is 1.69. The third kappa shape index (κ3) is 3.08. The monoisotopic (exact) mass is 371 g/mol. The summed E-state index contributed by atoms with van der Waals surface area (Å²) in [5.41, 5.74) is 2.54. The molecule has 3 heterocycles. The summed E-state index contributed by atoms with van der Waals surface area (Å²) in [5, 5.41) is 5.29. The van der Waals surface area contributed by atoms with E-state index in [1.165, 1.54) is 28.2 Å². The van der Waals surface area contributed by atoms with Gasteiger partial charge in [-0.05, 0) is 42.0 Å². The summed E-state index contributed by atoms with van der Waals surface area (Å²) >= 11 is 1.88. The summed E-state index contributed by atoms with van der Waals surface area (Å²) in [6.07, 6.45) is 3.71. The third-order valence-electron chi connectivity index (χ3n) is 5.64. The number of quaternary nitrogens is 1. The molecule has 0 saturated heterocycles. The lowest BCUT2D eigenvalue weighted by molar-refractivity contribution is -0.928. The van der Waals surface area contributed by atoms with Crippen LogP contribution in [0.15, 0.2) is 29.6 Å². The second kappa shape index (κ2) is 6.59. The van der Waals surface area contributed by atoms with Gasteiger partial charge in [0.25, 0.3) is 5.91 Å². The fourth-order valence-electron chi connectivity index (χ4n) is 4.22. The maximum Gasteiger partial charge on any atom is 0.275 e. The van der Waals surface area contributed by atoms with Crippen LogP contribution in [0.4, 0.5) is 0 Å². The molecular weight excluding hydrogens is 348 g/mol. The second-order valence-electron chi connectivity index (χ2n) is 7.41. The van der Waals surface area contributed by atoms with Gasteiger partial charge in [0, 0.05) is 29.3 Å². The number of hydrogen-bond acceptors (Lipinski definition) is 4. The number of amides is 1. The Balaban J connectivity index is 1.21. The van der Waals surface area contributed by atoms with Crippen LogP contribution < -0.4 is 19.7 Å². The standard InChI is InChI=1S/C20H22N2O3S/c23-19(21-10-13-1-4-16-17(9-13)25-12-24-16)11-22-7-5-18-15(6-8-26-18)20(22)14-2-3-14/h1,4,6,8-9,14,20H,2-3,5,7,10-12H2,(H,21,23)/p+1/t20-/m0/s1. The van der Waals surface area contributed by atoms with Crippen molar-refractivity contribution < 1.29 is 19.2 Å². The quantitative estimate of drug-likeness (QED) is 0.841. The zero-order valence-corrected chi connectivity index (χ0v) is 15.4. The molecule has 1 fully saturated rings. The molecule has 6 heteroatoms. The predicted molar refractivity (Wildman–Crippen MR) is 98.6 cm³/mol. The Hall–Kier alpha value is -2.05. The molecule has 2 N–H and O–H groups in total. The van der Waals surface area contributed by atoms with Crippen LogP contribution in [-0.4, -0.2) is 25.8 Å². The van der Waals surface area contributed by atoms with Crippen LogP contribution in [-0.2, 0) is 17.8 Å². The number of carbonyl (C=O) groups is 1. The van der Waals surface area contributed by atoms with E-state index in [1.807, 2.05) is 29.5 Å². The minimum Gasteiger partial charge on any atom is -0.454 e. The average Bonchev–Trinajstić information content (AvgIpc) is 3.18. The normalized spacial score (nSPS) is 23.5. The highest BCUT2D eigenvalue weighted by Crippen LogP contribution is 2.42. The second-order valence-corrected chi connectivity index (χ2v) is 8.41. The van der Waals surface area contributed by atoms with Gasteiger partial charge in [-0.15, -0.1) is 11.3 Å². The number of thiophene rings is 1. The molecule has 1 unspecified atom stereocenters. The molecule has 2 aromatic rings. The Morgan fingerprint density at radius 3 is 3.00 bits per heavy atom. The van der Waals surface area contributed by atoms with E-state index in [4.69, 9.17) is 9.47 Å². The van der Waals surface area contributed by atoms with Gasteiger partial charge in [0.1, 0.15) is 6.04 Å². The van der Waals surface area contributed by atoms with Gasteiger partial charge in [0.05, 0.1) is 6.54 Å². The minimum atomic E-state index is 0.127. The van der Waals surface area contributed by atoms with E-state index in [1.54, 1.807) is 0 Å². The molecule has 5 nitrogen and oxygen atoms in total. The maximum atomic E-state index is 12.6. The lowest BCUT2D eigenvalue weighted by Gasteiger charge is -2.32. The molecule has 1 aliphatic carbocycles. The summed E-state index contributed by atoms with van der Waals surface area (Å²) in [5.74, 6) is 2.43. The van der Waals surface area contributed by atoms with Crippen LogP contribution >= 0.6 is 11.3 Å². The van der Waals surface area contributed by atoms with Crippen molar-refractivity contribution in [1.29, 1.82) is 0 Å². The first-order chi connectivity index (χ1) is 12.8. The van der Waals surface area contributed by atoms with Crippen molar-refractivity contribution in [1.82, 2.24) is 5.32 Å². The van der Waals surface area contributed by atoms with E-state index in [0.717, 1.165) is 35.9 Å². The maximum absolute atomic E-state index is 12.6. The van der Waals surface area contributed by atoms with Crippen LogP contribution in [0.3, 0.4) is 0 Å². The number of hydrogen-bond donors (Lipinski definition) is 2. The Kier molecular flexibility index (Phi) is 4.10. The molecule has 0 bridgehead atoms. The average molecular weight is 371 g/mol. The molecule has 2 atom stereocenters. The number of nitrogens with one attached hydrogen (secondary N) is 2. The van der Waals surface area contributed by atoms with Gasteiger partial charge in [-0.2, -0.15) is 0 Å². The van der Waals surface area contributed by atoms with Gasteiger partial charge >= 0.3 is 0 Å². The largest absolute Gasteiger partial charge is 0.454 e. The summed E-state index contributed by atoms with van der Waals surface area (Å²) in [6.45, 7) is 2.42. The summed E-state index contributed by atoms with van der Waals surface area (Å²) < 4.78 is 10.7. The molecule has 1 aromatic heterocycles. The first-order valence-electron chi connectivity index (χ1n) is 9.34. The molecule has 136 valence electrons. The first-order valence-corrected chi connectivity index (χ1v) is 10.2. The molecule has 3 aliphatic rings. The first kappa shape index (κ1) is 16.1. The SMILES string of the molecule is O=C(C[NH+]1CCc2sccc2[C@@H]1C1CC1)NCc1ccc2c(c1)OCO2. The molecule has 1 amide bonds. The van der Waals surface area contributed by atoms with E-state index < -0.39 is 0 Å². The van der Waals surface area contributed by atoms with Crippen molar-refractivity contribution in [2.45, 2.75) is 31.8 Å². The van der Waals surface area contributed by atoms with Crippen molar-refractivity contribution in [2.24, 2.45) is 5.92 Å². The van der Waals surface area contributed by atoms with Crippen LogP contribution in [0.2, 0.25) is 0 Å². The van der Waals surface area contributed by atoms with E-state index in [0.29, 0.717) is 19.1 Å². The fraction of sp³-hybridized carbons (Fsp3) is 0.450. The smallest absolute Gasteiger partial charge is 0.275 e. The molecule has 5 rings (SSSR count). The van der Waals surface area contributed by atoms with Crippen molar-refractivity contribution in [2.75, 3.05) is 19.9 Å². The zero-order valence-electron chi connectivity index (χ0n) is 14.6. The highest BCUT2D eigenvalue weighted by molar-refractivity contribution is 7.10. The van der Waals surface area contributed by atoms with Gasteiger partial charge in [-0.1, -0.05) is 6.07 Å². The fourth-order valence-corrected chi connectivity index (χ4v) is 5.15. The molecule has 1 saturated carbocycles. The summed E-state index contributed by atoms with van der Waals surface area (Å²) in [7, 11) is 0. The van der Waals surface area contributed by atoms with Crippen LogP contribution in [0.1, 0.15) is 34.9 Å². The lowest BCUT2D eigenvalue weighted by atomic mass is 9.96. The van der Waals surface area contributed by atoms with Crippen molar-refractivity contribution >= 4 is 17.2 Å². The van der Waals surface area contributed by atoms with Crippen molar-refractivity contribution in [3.63, 3.8) is 0 Å². The van der Waals surface area contributed by atoms with E-state index >= 15 is 0 Å². The van der Waals surface area contributed by atoms with E-state index in [9.17, 15) is 4.79 Å². The van der Waals surface area contributed by atoms with Crippen LogP contribution in [0.5, 0.6) is 11.5 Å².